The lowest BCUT2D eigenvalue weighted by atomic mass is 9.75. The number of aliphatic hydroxyl groups is 1. The first-order valence-corrected chi connectivity index (χ1v) is 9.53. The molecule has 0 aromatic carbocycles. The molecule has 1 nitrogen and oxygen atoms in total. The van der Waals surface area contributed by atoms with Gasteiger partial charge < -0.3 is 5.11 Å². The maximum absolute atomic E-state index is 9.21. The van der Waals surface area contributed by atoms with E-state index in [9.17, 15) is 5.11 Å². The van der Waals surface area contributed by atoms with E-state index in [1.807, 2.05) is 0 Å². The number of hydrogen-bond donors (Lipinski definition) is 1. The maximum Gasteiger partial charge on any atom is 0.0459 e. The SMILES string of the molecule is C=CCCCC1CCC(CCC2CCC(CO)CC2)CC1. The van der Waals surface area contributed by atoms with Gasteiger partial charge in [0.1, 0.15) is 0 Å². The van der Waals surface area contributed by atoms with Crippen molar-refractivity contribution in [1.29, 1.82) is 0 Å². The molecular weight excluding hydrogens is 256 g/mol. The largest absolute Gasteiger partial charge is 0.396 e. The minimum atomic E-state index is 0.419. The number of hydrogen-bond acceptors (Lipinski definition) is 1. The van der Waals surface area contributed by atoms with E-state index in [0.29, 0.717) is 12.5 Å². The third kappa shape index (κ3) is 6.14. The summed E-state index contributed by atoms with van der Waals surface area (Å²) in [6.45, 7) is 4.24. The number of allylic oxidation sites excluding steroid dienone is 1. The smallest absolute Gasteiger partial charge is 0.0459 e. The zero-order valence-electron chi connectivity index (χ0n) is 13.9. The van der Waals surface area contributed by atoms with Crippen LogP contribution in [-0.4, -0.2) is 11.7 Å². The van der Waals surface area contributed by atoms with E-state index in [4.69, 9.17) is 0 Å². The van der Waals surface area contributed by atoms with E-state index < -0.39 is 0 Å². The van der Waals surface area contributed by atoms with Gasteiger partial charge in [-0.15, -0.1) is 6.58 Å². The van der Waals surface area contributed by atoms with Gasteiger partial charge in [0.05, 0.1) is 0 Å². The fourth-order valence-corrected chi connectivity index (χ4v) is 4.53. The second-order valence-electron chi connectivity index (χ2n) is 7.75. The molecule has 122 valence electrons. The van der Waals surface area contributed by atoms with Gasteiger partial charge in [-0.05, 0) is 49.4 Å². The van der Waals surface area contributed by atoms with Crippen LogP contribution in [-0.2, 0) is 0 Å². The lowest BCUT2D eigenvalue weighted by Crippen LogP contribution is -2.19. The summed E-state index contributed by atoms with van der Waals surface area (Å²) < 4.78 is 0. The van der Waals surface area contributed by atoms with Crippen LogP contribution >= 0.6 is 0 Å². The van der Waals surface area contributed by atoms with Gasteiger partial charge in [-0.1, -0.05) is 63.9 Å². The molecule has 0 amide bonds. The number of unbranched alkanes of at least 4 members (excludes halogenated alkanes) is 1. The van der Waals surface area contributed by atoms with Gasteiger partial charge >= 0.3 is 0 Å². The summed E-state index contributed by atoms with van der Waals surface area (Å²) in [5.41, 5.74) is 0. The Morgan fingerprint density at radius 1 is 0.714 bits per heavy atom. The first-order chi connectivity index (χ1) is 10.3. The Morgan fingerprint density at radius 2 is 1.14 bits per heavy atom. The second kappa shape index (κ2) is 9.66. The van der Waals surface area contributed by atoms with Crippen LogP contribution in [0.25, 0.3) is 0 Å². The van der Waals surface area contributed by atoms with Gasteiger partial charge in [0.15, 0.2) is 0 Å². The highest BCUT2D eigenvalue weighted by atomic mass is 16.3. The van der Waals surface area contributed by atoms with E-state index in [1.54, 1.807) is 0 Å². The van der Waals surface area contributed by atoms with Crippen LogP contribution in [0.2, 0.25) is 0 Å². The Hall–Kier alpha value is -0.300. The predicted molar refractivity (Wildman–Crippen MR) is 91.3 cm³/mol. The molecule has 0 aromatic rings. The average Bonchev–Trinajstić information content (AvgIpc) is 2.55. The van der Waals surface area contributed by atoms with E-state index in [-0.39, 0.29) is 0 Å². The van der Waals surface area contributed by atoms with Crippen molar-refractivity contribution in [3.8, 4) is 0 Å². The minimum Gasteiger partial charge on any atom is -0.396 e. The Labute approximate surface area is 132 Å². The third-order valence-corrected chi connectivity index (χ3v) is 6.19. The maximum atomic E-state index is 9.21. The molecule has 0 atom stereocenters. The Bertz CT molecular complexity index is 270. The second-order valence-corrected chi connectivity index (χ2v) is 7.75. The molecule has 2 saturated carbocycles. The van der Waals surface area contributed by atoms with Gasteiger partial charge in [-0.2, -0.15) is 0 Å². The van der Waals surface area contributed by atoms with Crippen molar-refractivity contribution in [1.82, 2.24) is 0 Å². The van der Waals surface area contributed by atoms with Gasteiger partial charge in [0.25, 0.3) is 0 Å². The number of rotatable bonds is 8. The molecule has 0 radical (unpaired) electrons. The van der Waals surface area contributed by atoms with Crippen molar-refractivity contribution in [2.24, 2.45) is 23.7 Å². The molecule has 0 aliphatic heterocycles. The summed E-state index contributed by atoms with van der Waals surface area (Å²) in [5, 5.41) is 9.21. The summed E-state index contributed by atoms with van der Waals surface area (Å²) in [6, 6.07) is 0. The van der Waals surface area contributed by atoms with Crippen LogP contribution < -0.4 is 0 Å². The molecule has 1 N–H and O–H groups in total. The van der Waals surface area contributed by atoms with Crippen LogP contribution in [0.1, 0.15) is 83.5 Å². The van der Waals surface area contributed by atoms with Crippen molar-refractivity contribution in [2.75, 3.05) is 6.61 Å². The van der Waals surface area contributed by atoms with Crippen molar-refractivity contribution in [3.63, 3.8) is 0 Å². The summed E-state index contributed by atoms with van der Waals surface area (Å²) in [6.07, 6.45) is 20.3. The fourth-order valence-electron chi connectivity index (χ4n) is 4.53. The van der Waals surface area contributed by atoms with Gasteiger partial charge in [-0.25, -0.2) is 0 Å². The topological polar surface area (TPSA) is 20.2 Å². The van der Waals surface area contributed by atoms with Crippen molar-refractivity contribution >= 4 is 0 Å². The molecule has 0 spiro atoms. The van der Waals surface area contributed by atoms with E-state index in [0.717, 1.165) is 17.8 Å². The Balaban J connectivity index is 1.54. The zero-order chi connectivity index (χ0) is 14.9. The molecule has 21 heavy (non-hydrogen) atoms. The van der Waals surface area contributed by atoms with Crippen molar-refractivity contribution in [3.05, 3.63) is 12.7 Å². The summed E-state index contributed by atoms with van der Waals surface area (Å²) in [7, 11) is 0. The van der Waals surface area contributed by atoms with Crippen LogP contribution in [0, 0.1) is 23.7 Å². The lowest BCUT2D eigenvalue weighted by Gasteiger charge is -2.31. The summed E-state index contributed by atoms with van der Waals surface area (Å²) in [4.78, 5) is 0. The molecule has 0 bridgehead atoms. The Kier molecular flexibility index (Phi) is 7.85. The highest BCUT2D eigenvalue weighted by Crippen LogP contribution is 2.37. The molecule has 1 heteroatoms. The molecule has 2 aliphatic carbocycles. The van der Waals surface area contributed by atoms with Crippen LogP contribution in [0.15, 0.2) is 12.7 Å². The molecule has 0 aromatic heterocycles. The molecule has 0 unspecified atom stereocenters. The average molecular weight is 293 g/mol. The summed E-state index contributed by atoms with van der Waals surface area (Å²) >= 11 is 0. The molecule has 2 rings (SSSR count). The highest BCUT2D eigenvalue weighted by molar-refractivity contribution is 4.77. The van der Waals surface area contributed by atoms with E-state index in [2.05, 4.69) is 12.7 Å². The lowest BCUT2D eigenvalue weighted by molar-refractivity contribution is 0.157. The third-order valence-electron chi connectivity index (χ3n) is 6.19. The molecule has 0 heterocycles. The quantitative estimate of drug-likeness (QED) is 0.447. The zero-order valence-corrected chi connectivity index (χ0v) is 13.9. The Morgan fingerprint density at radius 3 is 1.57 bits per heavy atom. The van der Waals surface area contributed by atoms with E-state index in [1.165, 1.54) is 83.5 Å². The minimum absolute atomic E-state index is 0.419. The van der Waals surface area contributed by atoms with Crippen LogP contribution in [0.5, 0.6) is 0 Å². The highest BCUT2D eigenvalue weighted by Gasteiger charge is 2.24. The fraction of sp³-hybridized carbons (Fsp3) is 0.900. The van der Waals surface area contributed by atoms with Gasteiger partial charge in [-0.3, -0.25) is 0 Å². The monoisotopic (exact) mass is 292 g/mol. The first kappa shape index (κ1) is 17.1. The number of aliphatic hydroxyl groups excluding tert-OH is 1. The van der Waals surface area contributed by atoms with Gasteiger partial charge in [0, 0.05) is 6.61 Å². The molecule has 2 fully saturated rings. The molecular formula is C20H36O. The normalized spacial score (nSPS) is 33.8. The van der Waals surface area contributed by atoms with Gasteiger partial charge in [0.2, 0.25) is 0 Å². The van der Waals surface area contributed by atoms with Crippen molar-refractivity contribution in [2.45, 2.75) is 83.5 Å². The van der Waals surface area contributed by atoms with Crippen molar-refractivity contribution < 1.29 is 5.11 Å². The van der Waals surface area contributed by atoms with E-state index >= 15 is 0 Å². The predicted octanol–water partition coefficient (Wildman–Crippen LogP) is 5.73. The molecule has 2 aliphatic rings. The standard InChI is InChI=1S/C20H36O/c1-2-3-4-5-17-6-8-18(9-7-17)10-11-19-12-14-20(16-21)15-13-19/h2,17-21H,1,3-16H2. The van der Waals surface area contributed by atoms with Crippen LogP contribution in [0.4, 0.5) is 0 Å². The molecule has 0 saturated heterocycles. The summed E-state index contributed by atoms with van der Waals surface area (Å²) in [5.74, 6) is 3.63. The first-order valence-electron chi connectivity index (χ1n) is 9.53. The van der Waals surface area contributed by atoms with Crippen LogP contribution in [0.3, 0.4) is 0 Å².